The van der Waals surface area contributed by atoms with Gasteiger partial charge in [0.1, 0.15) is 5.82 Å². The summed E-state index contributed by atoms with van der Waals surface area (Å²) in [5.41, 5.74) is 14.4. The van der Waals surface area contributed by atoms with Crippen molar-refractivity contribution < 1.29 is 0 Å². The molecule has 180 valence electrons. The number of pyridine rings is 1. The van der Waals surface area contributed by atoms with E-state index in [9.17, 15) is 0 Å². The number of rotatable bonds is 3. The van der Waals surface area contributed by atoms with Crippen LogP contribution in [0.15, 0.2) is 103 Å². The van der Waals surface area contributed by atoms with Crippen LogP contribution in [0.2, 0.25) is 0 Å². The quantitative estimate of drug-likeness (QED) is 0.253. The van der Waals surface area contributed by atoms with E-state index in [0.29, 0.717) is 0 Å². The van der Waals surface area contributed by atoms with E-state index < -0.39 is 0 Å². The number of allylic oxidation sites excluding steroid dienone is 4. The van der Waals surface area contributed by atoms with Gasteiger partial charge in [0.25, 0.3) is 0 Å². The van der Waals surface area contributed by atoms with E-state index in [4.69, 9.17) is 4.98 Å². The zero-order valence-corrected chi connectivity index (χ0v) is 21.5. The summed E-state index contributed by atoms with van der Waals surface area (Å²) >= 11 is 0. The molecule has 0 unspecified atom stereocenters. The molecule has 0 N–H and O–H groups in total. The van der Waals surface area contributed by atoms with E-state index in [1.165, 1.54) is 61.1 Å². The topological polar surface area (TPSA) is 17.8 Å². The number of aryl methyl sites for hydroxylation is 2. The van der Waals surface area contributed by atoms with Crippen molar-refractivity contribution in [2.24, 2.45) is 0 Å². The number of hydrogen-bond donors (Lipinski definition) is 0. The lowest BCUT2D eigenvalue weighted by molar-refractivity contribution is 0.832. The van der Waals surface area contributed by atoms with Crippen molar-refractivity contribution in [1.82, 2.24) is 9.55 Å². The summed E-state index contributed by atoms with van der Waals surface area (Å²) < 4.78 is 2.45. The Bertz CT molecular complexity index is 1710. The van der Waals surface area contributed by atoms with E-state index in [1.54, 1.807) is 0 Å². The summed E-state index contributed by atoms with van der Waals surface area (Å²) in [5, 5.41) is 1.34. The van der Waals surface area contributed by atoms with E-state index in [0.717, 1.165) is 37.2 Å². The first-order chi connectivity index (χ1) is 18.2. The maximum absolute atomic E-state index is 5.27. The molecule has 0 amide bonds. The average Bonchev–Trinajstić information content (AvgIpc) is 3.27. The molecule has 2 heterocycles. The molecule has 0 saturated carbocycles. The molecule has 3 aromatic carbocycles. The SMILES string of the molecule is Cc1cc(C)cc(-c2cccc(-n3c4c(c5ccc(-c6ccccc6)cc53)C3=C(C=CCC3)CC4)n2)c1. The van der Waals surface area contributed by atoms with Crippen LogP contribution in [0, 0.1) is 13.8 Å². The van der Waals surface area contributed by atoms with Crippen molar-refractivity contribution in [3.8, 4) is 28.2 Å². The highest BCUT2D eigenvalue weighted by Gasteiger charge is 2.27. The van der Waals surface area contributed by atoms with Gasteiger partial charge >= 0.3 is 0 Å². The molecule has 7 rings (SSSR count). The van der Waals surface area contributed by atoms with Crippen LogP contribution in [0.3, 0.4) is 0 Å². The summed E-state index contributed by atoms with van der Waals surface area (Å²) in [5.74, 6) is 1.00. The van der Waals surface area contributed by atoms with E-state index in [2.05, 4.69) is 115 Å². The van der Waals surface area contributed by atoms with Gasteiger partial charge in [0.15, 0.2) is 0 Å². The number of hydrogen-bond acceptors (Lipinski definition) is 1. The third-order valence-corrected chi connectivity index (χ3v) is 7.86. The maximum Gasteiger partial charge on any atom is 0.138 e. The Morgan fingerprint density at radius 3 is 2.38 bits per heavy atom. The van der Waals surface area contributed by atoms with Crippen molar-refractivity contribution in [1.29, 1.82) is 0 Å². The summed E-state index contributed by atoms with van der Waals surface area (Å²) in [6.07, 6.45) is 9.07. The van der Waals surface area contributed by atoms with Crippen LogP contribution in [0.25, 0.3) is 44.7 Å². The van der Waals surface area contributed by atoms with E-state index >= 15 is 0 Å². The van der Waals surface area contributed by atoms with Crippen molar-refractivity contribution in [2.45, 2.75) is 39.5 Å². The second kappa shape index (κ2) is 8.74. The van der Waals surface area contributed by atoms with Crippen molar-refractivity contribution in [3.05, 3.63) is 125 Å². The zero-order chi connectivity index (χ0) is 24.9. The van der Waals surface area contributed by atoms with Gasteiger partial charge in [-0.25, -0.2) is 4.98 Å². The molecule has 0 spiro atoms. The van der Waals surface area contributed by atoms with Crippen molar-refractivity contribution in [3.63, 3.8) is 0 Å². The molecule has 0 aliphatic heterocycles. The largest absolute Gasteiger partial charge is 0.298 e. The van der Waals surface area contributed by atoms with Gasteiger partial charge < -0.3 is 0 Å². The highest BCUT2D eigenvalue weighted by molar-refractivity contribution is 5.99. The highest BCUT2D eigenvalue weighted by Crippen LogP contribution is 2.44. The van der Waals surface area contributed by atoms with Crippen LogP contribution < -0.4 is 0 Å². The monoisotopic (exact) mass is 478 g/mol. The number of nitrogens with zero attached hydrogens (tertiary/aromatic N) is 2. The van der Waals surface area contributed by atoms with Gasteiger partial charge in [-0.05, 0) is 92.1 Å². The summed E-state index contributed by atoms with van der Waals surface area (Å²) in [6.45, 7) is 4.32. The third kappa shape index (κ3) is 3.76. The van der Waals surface area contributed by atoms with Gasteiger partial charge in [-0.2, -0.15) is 0 Å². The Labute approximate surface area is 218 Å². The molecule has 0 bridgehead atoms. The Balaban J connectivity index is 1.49. The van der Waals surface area contributed by atoms with Crippen LogP contribution in [-0.4, -0.2) is 9.55 Å². The van der Waals surface area contributed by atoms with Crippen LogP contribution in [0.5, 0.6) is 0 Å². The molecule has 0 saturated heterocycles. The second-order valence-electron chi connectivity index (χ2n) is 10.5. The normalized spacial score (nSPS) is 14.6. The molecule has 37 heavy (non-hydrogen) atoms. The number of fused-ring (bicyclic) bond motifs is 4. The van der Waals surface area contributed by atoms with E-state index in [1.807, 2.05) is 0 Å². The first-order valence-electron chi connectivity index (χ1n) is 13.3. The Morgan fingerprint density at radius 1 is 0.703 bits per heavy atom. The summed E-state index contributed by atoms with van der Waals surface area (Å²) in [4.78, 5) is 5.27. The third-order valence-electron chi connectivity index (χ3n) is 7.86. The van der Waals surface area contributed by atoms with Crippen molar-refractivity contribution in [2.75, 3.05) is 0 Å². The summed E-state index contributed by atoms with van der Waals surface area (Å²) in [7, 11) is 0. The summed E-state index contributed by atoms with van der Waals surface area (Å²) in [6, 6.07) is 30.9. The maximum atomic E-state index is 5.27. The van der Waals surface area contributed by atoms with Gasteiger partial charge in [-0.1, -0.05) is 77.9 Å². The van der Waals surface area contributed by atoms with Crippen molar-refractivity contribution >= 4 is 16.5 Å². The Morgan fingerprint density at radius 2 is 1.54 bits per heavy atom. The minimum absolute atomic E-state index is 1.00. The predicted octanol–water partition coefficient (Wildman–Crippen LogP) is 9.03. The average molecular weight is 479 g/mol. The molecule has 2 heteroatoms. The first-order valence-corrected chi connectivity index (χ1v) is 13.3. The van der Waals surface area contributed by atoms with Crippen LogP contribution in [-0.2, 0) is 6.42 Å². The zero-order valence-electron chi connectivity index (χ0n) is 21.5. The standard InChI is InChI=1S/C35H30N2/c1-23-19-24(2)21-28(20-23)31-13-8-14-34(36-31)37-32-18-16-26-11-6-7-12-29(26)35(32)30-17-15-27(22-33(30)37)25-9-4-3-5-10-25/h3-6,8-11,13-15,17,19-22H,7,12,16,18H2,1-2H3. The second-order valence-corrected chi connectivity index (χ2v) is 10.5. The molecule has 2 nitrogen and oxygen atoms in total. The Kier molecular flexibility index (Phi) is 5.21. The molecule has 2 aromatic heterocycles. The highest BCUT2D eigenvalue weighted by atomic mass is 15.1. The van der Waals surface area contributed by atoms with Crippen LogP contribution in [0.4, 0.5) is 0 Å². The number of benzene rings is 3. The van der Waals surface area contributed by atoms with Gasteiger partial charge in [-0.15, -0.1) is 0 Å². The first kappa shape index (κ1) is 22.1. The predicted molar refractivity (Wildman–Crippen MR) is 155 cm³/mol. The molecular formula is C35H30N2. The lowest BCUT2D eigenvalue weighted by atomic mass is 9.83. The molecule has 2 aliphatic rings. The molecule has 5 aromatic rings. The molecule has 0 fully saturated rings. The number of aromatic nitrogens is 2. The van der Waals surface area contributed by atoms with Crippen LogP contribution >= 0.6 is 0 Å². The Hall–Kier alpha value is -4.17. The van der Waals surface area contributed by atoms with Gasteiger partial charge in [-0.3, -0.25) is 4.57 Å². The van der Waals surface area contributed by atoms with Crippen LogP contribution in [0.1, 0.15) is 41.6 Å². The minimum atomic E-state index is 1.00. The van der Waals surface area contributed by atoms with Gasteiger partial charge in [0, 0.05) is 22.2 Å². The van der Waals surface area contributed by atoms with E-state index in [-0.39, 0.29) is 0 Å². The molecule has 2 aliphatic carbocycles. The van der Waals surface area contributed by atoms with Gasteiger partial charge in [0.05, 0.1) is 11.2 Å². The molecular weight excluding hydrogens is 448 g/mol. The lowest BCUT2D eigenvalue weighted by Crippen LogP contribution is -2.10. The lowest BCUT2D eigenvalue weighted by Gasteiger charge is -2.23. The molecule has 0 atom stereocenters. The minimum Gasteiger partial charge on any atom is -0.298 e. The smallest absolute Gasteiger partial charge is 0.138 e. The molecule has 0 radical (unpaired) electrons. The fourth-order valence-corrected chi connectivity index (χ4v) is 6.30. The fourth-order valence-electron chi connectivity index (χ4n) is 6.30. The fraction of sp³-hybridized carbons (Fsp3) is 0.171. The van der Waals surface area contributed by atoms with Gasteiger partial charge in [0.2, 0.25) is 0 Å².